The SMILES string of the molecule is Cc1ccc(C(C)C)cc1C(N)C1(C(=O)O)CCC1. The normalized spacial score (nSPS) is 19.0. The van der Waals surface area contributed by atoms with Gasteiger partial charge in [-0.25, -0.2) is 0 Å². The Labute approximate surface area is 114 Å². The quantitative estimate of drug-likeness (QED) is 0.873. The van der Waals surface area contributed by atoms with Gasteiger partial charge in [0.15, 0.2) is 0 Å². The molecule has 3 heteroatoms. The van der Waals surface area contributed by atoms with Gasteiger partial charge in [0.1, 0.15) is 0 Å². The van der Waals surface area contributed by atoms with Gasteiger partial charge in [-0.05, 0) is 42.4 Å². The Morgan fingerprint density at radius 3 is 2.42 bits per heavy atom. The molecule has 0 radical (unpaired) electrons. The number of carboxylic acid groups (broad SMARTS) is 1. The molecule has 1 aliphatic rings. The molecule has 0 amide bonds. The van der Waals surface area contributed by atoms with E-state index < -0.39 is 17.4 Å². The molecule has 0 bridgehead atoms. The van der Waals surface area contributed by atoms with Gasteiger partial charge in [0.05, 0.1) is 5.41 Å². The average molecular weight is 261 g/mol. The van der Waals surface area contributed by atoms with Crippen molar-refractivity contribution >= 4 is 5.97 Å². The fourth-order valence-corrected chi connectivity index (χ4v) is 2.87. The predicted molar refractivity (Wildman–Crippen MR) is 76.1 cm³/mol. The fraction of sp³-hybridized carbons (Fsp3) is 0.562. The number of nitrogens with two attached hydrogens (primary N) is 1. The molecule has 19 heavy (non-hydrogen) atoms. The van der Waals surface area contributed by atoms with Crippen molar-refractivity contribution in [2.24, 2.45) is 11.1 Å². The van der Waals surface area contributed by atoms with Crippen molar-refractivity contribution in [2.45, 2.75) is 52.0 Å². The maximum absolute atomic E-state index is 11.6. The summed E-state index contributed by atoms with van der Waals surface area (Å²) >= 11 is 0. The van der Waals surface area contributed by atoms with Gasteiger partial charge in [-0.2, -0.15) is 0 Å². The van der Waals surface area contributed by atoms with Gasteiger partial charge < -0.3 is 10.8 Å². The Bertz CT molecular complexity index is 490. The maximum Gasteiger partial charge on any atom is 0.311 e. The van der Waals surface area contributed by atoms with Crippen LogP contribution >= 0.6 is 0 Å². The number of rotatable bonds is 4. The number of carbonyl (C=O) groups is 1. The van der Waals surface area contributed by atoms with Gasteiger partial charge in [-0.1, -0.05) is 38.5 Å². The van der Waals surface area contributed by atoms with E-state index in [1.807, 2.05) is 6.92 Å². The van der Waals surface area contributed by atoms with Crippen LogP contribution in [0, 0.1) is 12.3 Å². The third-order valence-corrected chi connectivity index (χ3v) is 4.57. The summed E-state index contributed by atoms with van der Waals surface area (Å²) in [6.07, 6.45) is 2.34. The largest absolute Gasteiger partial charge is 0.481 e. The predicted octanol–water partition coefficient (Wildman–Crippen LogP) is 3.37. The standard InChI is InChI=1S/C16H23NO2/c1-10(2)12-6-5-11(3)13(9-12)14(17)16(15(18)19)7-4-8-16/h5-6,9-10,14H,4,7-8,17H2,1-3H3,(H,18,19). The summed E-state index contributed by atoms with van der Waals surface area (Å²) in [5.74, 6) is -0.325. The zero-order valence-electron chi connectivity index (χ0n) is 11.9. The van der Waals surface area contributed by atoms with Gasteiger partial charge in [0, 0.05) is 6.04 Å². The Morgan fingerprint density at radius 1 is 1.37 bits per heavy atom. The molecule has 1 aromatic carbocycles. The van der Waals surface area contributed by atoms with Crippen molar-refractivity contribution in [1.82, 2.24) is 0 Å². The number of benzene rings is 1. The molecule has 1 unspecified atom stereocenters. The van der Waals surface area contributed by atoms with Crippen LogP contribution < -0.4 is 5.73 Å². The van der Waals surface area contributed by atoms with E-state index in [1.165, 1.54) is 5.56 Å². The van der Waals surface area contributed by atoms with Crippen LogP contribution in [0.3, 0.4) is 0 Å². The summed E-state index contributed by atoms with van der Waals surface area (Å²) in [5, 5.41) is 9.50. The van der Waals surface area contributed by atoms with E-state index >= 15 is 0 Å². The van der Waals surface area contributed by atoms with Crippen LogP contribution in [0.5, 0.6) is 0 Å². The van der Waals surface area contributed by atoms with Crippen LogP contribution in [0.1, 0.15) is 61.8 Å². The first kappa shape index (κ1) is 14.1. The number of hydrogen-bond acceptors (Lipinski definition) is 2. The minimum absolute atomic E-state index is 0.405. The molecular formula is C16H23NO2. The van der Waals surface area contributed by atoms with Crippen molar-refractivity contribution in [3.63, 3.8) is 0 Å². The highest BCUT2D eigenvalue weighted by atomic mass is 16.4. The van der Waals surface area contributed by atoms with Crippen molar-refractivity contribution in [3.8, 4) is 0 Å². The molecule has 0 aliphatic heterocycles. The first-order chi connectivity index (χ1) is 8.88. The van der Waals surface area contributed by atoms with E-state index in [0.29, 0.717) is 18.8 Å². The third kappa shape index (κ3) is 2.27. The van der Waals surface area contributed by atoms with E-state index in [-0.39, 0.29) is 0 Å². The first-order valence-electron chi connectivity index (χ1n) is 6.98. The molecule has 1 saturated carbocycles. The van der Waals surface area contributed by atoms with E-state index in [1.54, 1.807) is 0 Å². The molecule has 0 saturated heterocycles. The summed E-state index contributed by atoms with van der Waals surface area (Å²) in [6.45, 7) is 6.28. The fourth-order valence-electron chi connectivity index (χ4n) is 2.87. The Balaban J connectivity index is 2.40. The molecule has 1 aromatic rings. The Morgan fingerprint density at radius 2 is 2.00 bits per heavy atom. The van der Waals surface area contributed by atoms with Gasteiger partial charge in [0.25, 0.3) is 0 Å². The highest BCUT2D eigenvalue weighted by Gasteiger charge is 2.50. The van der Waals surface area contributed by atoms with Gasteiger partial charge in [-0.15, -0.1) is 0 Å². The molecule has 104 valence electrons. The van der Waals surface area contributed by atoms with Crippen LogP contribution in [0.4, 0.5) is 0 Å². The average Bonchev–Trinajstić information content (AvgIpc) is 2.26. The summed E-state index contributed by atoms with van der Waals surface area (Å²) < 4.78 is 0. The molecule has 3 N–H and O–H groups in total. The van der Waals surface area contributed by atoms with Crippen molar-refractivity contribution in [3.05, 3.63) is 34.9 Å². The van der Waals surface area contributed by atoms with Crippen LogP contribution in [0.25, 0.3) is 0 Å². The lowest BCUT2D eigenvalue weighted by atomic mass is 9.62. The molecule has 0 aromatic heterocycles. The van der Waals surface area contributed by atoms with E-state index in [0.717, 1.165) is 17.5 Å². The van der Waals surface area contributed by atoms with Crippen LogP contribution in [-0.4, -0.2) is 11.1 Å². The van der Waals surface area contributed by atoms with Crippen molar-refractivity contribution < 1.29 is 9.90 Å². The zero-order chi connectivity index (χ0) is 14.2. The summed E-state index contributed by atoms with van der Waals surface area (Å²) in [6, 6.07) is 5.84. The molecule has 0 heterocycles. The maximum atomic E-state index is 11.6. The molecule has 1 aliphatic carbocycles. The number of carboxylic acids is 1. The Kier molecular flexibility index (Phi) is 3.68. The second-order valence-corrected chi connectivity index (χ2v) is 6.06. The van der Waals surface area contributed by atoms with Crippen molar-refractivity contribution in [1.29, 1.82) is 0 Å². The summed E-state index contributed by atoms with van der Waals surface area (Å²) in [5.41, 5.74) is 8.88. The number of aliphatic carboxylic acids is 1. The minimum atomic E-state index is -0.750. The lowest BCUT2D eigenvalue weighted by Gasteiger charge is -2.43. The molecular weight excluding hydrogens is 238 g/mol. The highest BCUT2D eigenvalue weighted by Crippen LogP contribution is 2.50. The van der Waals surface area contributed by atoms with E-state index in [4.69, 9.17) is 5.73 Å². The van der Waals surface area contributed by atoms with Crippen LogP contribution in [-0.2, 0) is 4.79 Å². The van der Waals surface area contributed by atoms with E-state index in [2.05, 4.69) is 32.0 Å². The second kappa shape index (κ2) is 4.97. The molecule has 0 spiro atoms. The number of aryl methyl sites for hydroxylation is 1. The first-order valence-corrected chi connectivity index (χ1v) is 6.98. The van der Waals surface area contributed by atoms with Gasteiger partial charge in [-0.3, -0.25) is 4.79 Å². The topological polar surface area (TPSA) is 63.3 Å². The zero-order valence-corrected chi connectivity index (χ0v) is 11.9. The Hall–Kier alpha value is -1.35. The summed E-state index contributed by atoms with van der Waals surface area (Å²) in [7, 11) is 0. The lowest BCUT2D eigenvalue weighted by molar-refractivity contribution is -0.156. The van der Waals surface area contributed by atoms with Gasteiger partial charge >= 0.3 is 5.97 Å². The minimum Gasteiger partial charge on any atom is -0.481 e. The van der Waals surface area contributed by atoms with Crippen molar-refractivity contribution in [2.75, 3.05) is 0 Å². The molecule has 3 nitrogen and oxygen atoms in total. The molecule has 1 atom stereocenters. The second-order valence-electron chi connectivity index (χ2n) is 6.06. The van der Waals surface area contributed by atoms with Gasteiger partial charge in [0.2, 0.25) is 0 Å². The van der Waals surface area contributed by atoms with Crippen LogP contribution in [0.15, 0.2) is 18.2 Å². The summed E-state index contributed by atoms with van der Waals surface area (Å²) in [4.78, 5) is 11.6. The smallest absolute Gasteiger partial charge is 0.311 e. The monoisotopic (exact) mass is 261 g/mol. The third-order valence-electron chi connectivity index (χ3n) is 4.57. The molecule has 2 rings (SSSR count). The molecule has 1 fully saturated rings. The highest BCUT2D eigenvalue weighted by molar-refractivity contribution is 5.77. The lowest BCUT2D eigenvalue weighted by Crippen LogP contribution is -2.47. The van der Waals surface area contributed by atoms with E-state index in [9.17, 15) is 9.90 Å². The van der Waals surface area contributed by atoms with Crippen LogP contribution in [0.2, 0.25) is 0 Å². The number of hydrogen-bond donors (Lipinski definition) is 2.